The van der Waals surface area contributed by atoms with E-state index in [-0.39, 0.29) is 0 Å². The summed E-state index contributed by atoms with van der Waals surface area (Å²) in [5, 5.41) is 5.18. The lowest BCUT2D eigenvalue weighted by atomic mass is 10.1. The Bertz CT molecular complexity index is 553. The maximum atomic E-state index is 4.38. The van der Waals surface area contributed by atoms with Crippen LogP contribution in [0.5, 0.6) is 0 Å². The molecule has 2 rings (SSSR count). The van der Waals surface area contributed by atoms with Gasteiger partial charge in [0.05, 0.1) is 11.4 Å². The molecule has 0 saturated carbocycles. The van der Waals surface area contributed by atoms with Crippen LogP contribution in [0.4, 0.5) is 5.13 Å². The number of hydrogen-bond donors (Lipinski definition) is 1. The molecule has 0 spiro atoms. The minimum absolute atomic E-state index is 0.835. The predicted molar refractivity (Wildman–Crippen MR) is 81.6 cm³/mol. The number of aryl methyl sites for hydroxylation is 2. The molecule has 1 N–H and O–H groups in total. The number of halogens is 1. The smallest absolute Gasteiger partial charge is 0.203 e. The monoisotopic (exact) mass is 323 g/mol. The highest BCUT2D eigenvalue weighted by Crippen LogP contribution is 2.21. The second-order valence-corrected chi connectivity index (χ2v) is 6.10. The Morgan fingerprint density at radius 2 is 1.94 bits per heavy atom. The summed E-state index contributed by atoms with van der Waals surface area (Å²) >= 11 is 5.03. The number of thiazole rings is 1. The van der Waals surface area contributed by atoms with Gasteiger partial charge in [-0.2, -0.15) is 5.10 Å². The number of anilines is 1. The normalized spacial score (nSPS) is 11.7. The van der Waals surface area contributed by atoms with E-state index in [2.05, 4.69) is 38.4 Å². The van der Waals surface area contributed by atoms with Gasteiger partial charge in [-0.3, -0.25) is 5.43 Å². The molecular weight excluding hydrogens is 310 g/mol. The van der Waals surface area contributed by atoms with E-state index in [9.17, 15) is 0 Å². The van der Waals surface area contributed by atoms with Gasteiger partial charge in [-0.05, 0) is 38.5 Å². The standard InChI is InChI=1S/C13H14BrN3S/c1-8-10(3)18-13(15-8)17-16-9(2)11-4-6-12(14)7-5-11/h4-7H,1-3H3,(H,15,17)/b16-9-. The predicted octanol–water partition coefficient (Wildman–Crippen LogP) is 4.36. The average molecular weight is 324 g/mol. The number of nitrogens with zero attached hydrogens (tertiary/aromatic N) is 2. The molecule has 1 heterocycles. The molecule has 0 aliphatic rings. The van der Waals surface area contributed by atoms with Crippen molar-refractivity contribution in [3.63, 3.8) is 0 Å². The molecule has 1 aromatic heterocycles. The third kappa shape index (κ3) is 3.17. The molecule has 2 aromatic rings. The Balaban J connectivity index is 2.11. The first-order valence-electron chi connectivity index (χ1n) is 5.56. The van der Waals surface area contributed by atoms with Crippen LogP contribution in [0.1, 0.15) is 23.1 Å². The molecule has 0 aliphatic carbocycles. The summed E-state index contributed by atoms with van der Waals surface area (Å²) in [5.41, 5.74) is 6.09. The molecule has 94 valence electrons. The topological polar surface area (TPSA) is 37.3 Å². The van der Waals surface area contributed by atoms with Crippen LogP contribution in [0.3, 0.4) is 0 Å². The summed E-state index contributed by atoms with van der Waals surface area (Å²) in [5.74, 6) is 0. The summed E-state index contributed by atoms with van der Waals surface area (Å²) in [6.07, 6.45) is 0. The summed E-state index contributed by atoms with van der Waals surface area (Å²) in [6, 6.07) is 8.07. The third-order valence-corrected chi connectivity index (χ3v) is 4.12. The third-order valence-electron chi connectivity index (χ3n) is 2.61. The van der Waals surface area contributed by atoms with Crippen LogP contribution in [0.25, 0.3) is 0 Å². The number of nitrogens with one attached hydrogen (secondary N) is 1. The van der Waals surface area contributed by atoms with Crippen molar-refractivity contribution in [3.8, 4) is 0 Å². The Kier molecular flexibility index (Phi) is 4.14. The van der Waals surface area contributed by atoms with Crippen LogP contribution >= 0.6 is 27.3 Å². The lowest BCUT2D eigenvalue weighted by Gasteiger charge is -2.01. The zero-order valence-electron chi connectivity index (χ0n) is 10.5. The molecule has 0 bridgehead atoms. The zero-order valence-corrected chi connectivity index (χ0v) is 12.9. The van der Waals surface area contributed by atoms with E-state index in [1.807, 2.05) is 38.1 Å². The lowest BCUT2D eigenvalue weighted by Crippen LogP contribution is -1.99. The van der Waals surface area contributed by atoms with E-state index in [1.165, 1.54) is 4.88 Å². The van der Waals surface area contributed by atoms with Crippen LogP contribution in [0, 0.1) is 13.8 Å². The van der Waals surface area contributed by atoms with Gasteiger partial charge in [0, 0.05) is 9.35 Å². The fourth-order valence-electron chi connectivity index (χ4n) is 1.41. The van der Waals surface area contributed by atoms with Gasteiger partial charge in [0.1, 0.15) is 0 Å². The van der Waals surface area contributed by atoms with Crippen molar-refractivity contribution in [2.45, 2.75) is 20.8 Å². The molecule has 0 unspecified atom stereocenters. The van der Waals surface area contributed by atoms with Gasteiger partial charge < -0.3 is 0 Å². The highest BCUT2D eigenvalue weighted by molar-refractivity contribution is 9.10. The van der Waals surface area contributed by atoms with Gasteiger partial charge in [-0.25, -0.2) is 4.98 Å². The van der Waals surface area contributed by atoms with E-state index < -0.39 is 0 Å². The summed E-state index contributed by atoms with van der Waals surface area (Å²) in [6.45, 7) is 6.04. The molecule has 5 heteroatoms. The molecule has 0 atom stereocenters. The number of hydrogen-bond acceptors (Lipinski definition) is 4. The summed E-state index contributed by atoms with van der Waals surface area (Å²) in [7, 11) is 0. The van der Waals surface area contributed by atoms with Gasteiger partial charge in [-0.1, -0.05) is 28.1 Å². The minimum atomic E-state index is 0.835. The Morgan fingerprint density at radius 1 is 1.28 bits per heavy atom. The first-order chi connectivity index (χ1) is 8.56. The molecule has 3 nitrogen and oxygen atoms in total. The van der Waals surface area contributed by atoms with Gasteiger partial charge in [-0.15, -0.1) is 11.3 Å². The Morgan fingerprint density at radius 3 is 2.50 bits per heavy atom. The maximum absolute atomic E-state index is 4.38. The molecule has 18 heavy (non-hydrogen) atoms. The fraction of sp³-hybridized carbons (Fsp3) is 0.231. The highest BCUT2D eigenvalue weighted by Gasteiger charge is 2.02. The van der Waals surface area contributed by atoms with Crippen molar-refractivity contribution in [2.24, 2.45) is 5.10 Å². The Hall–Kier alpha value is -1.20. The number of aromatic nitrogens is 1. The maximum Gasteiger partial charge on any atom is 0.203 e. The number of benzene rings is 1. The number of hydrazone groups is 1. The quantitative estimate of drug-likeness (QED) is 0.673. The molecule has 0 saturated heterocycles. The first-order valence-corrected chi connectivity index (χ1v) is 7.17. The van der Waals surface area contributed by atoms with E-state index in [1.54, 1.807) is 11.3 Å². The molecular formula is C13H14BrN3S. The van der Waals surface area contributed by atoms with Crippen LogP contribution in [-0.2, 0) is 0 Å². The fourth-order valence-corrected chi connectivity index (χ4v) is 2.43. The van der Waals surface area contributed by atoms with Gasteiger partial charge in [0.15, 0.2) is 0 Å². The van der Waals surface area contributed by atoms with E-state index in [4.69, 9.17) is 0 Å². The lowest BCUT2D eigenvalue weighted by molar-refractivity contribution is 1.19. The van der Waals surface area contributed by atoms with Crippen molar-refractivity contribution in [1.82, 2.24) is 4.98 Å². The van der Waals surface area contributed by atoms with E-state index in [0.29, 0.717) is 0 Å². The largest absolute Gasteiger partial charge is 0.252 e. The van der Waals surface area contributed by atoms with E-state index in [0.717, 1.165) is 26.6 Å². The molecule has 1 aromatic carbocycles. The zero-order chi connectivity index (χ0) is 13.1. The van der Waals surface area contributed by atoms with Crippen LogP contribution in [0.2, 0.25) is 0 Å². The van der Waals surface area contributed by atoms with Crippen LogP contribution in [0.15, 0.2) is 33.8 Å². The second-order valence-electron chi connectivity index (χ2n) is 3.98. The van der Waals surface area contributed by atoms with Crippen molar-refractivity contribution < 1.29 is 0 Å². The minimum Gasteiger partial charge on any atom is -0.252 e. The molecule has 0 fully saturated rings. The van der Waals surface area contributed by atoms with Gasteiger partial charge in [0.25, 0.3) is 0 Å². The van der Waals surface area contributed by atoms with E-state index >= 15 is 0 Å². The molecule has 0 aliphatic heterocycles. The van der Waals surface area contributed by atoms with Crippen molar-refractivity contribution in [2.75, 3.05) is 5.43 Å². The first kappa shape index (κ1) is 13.2. The van der Waals surface area contributed by atoms with Crippen molar-refractivity contribution in [3.05, 3.63) is 44.9 Å². The van der Waals surface area contributed by atoms with Crippen LogP contribution < -0.4 is 5.43 Å². The summed E-state index contributed by atoms with van der Waals surface area (Å²) in [4.78, 5) is 5.60. The average Bonchev–Trinajstić information content (AvgIpc) is 2.67. The Labute approximate surface area is 119 Å². The molecule has 0 radical (unpaired) electrons. The van der Waals surface area contributed by atoms with Crippen LogP contribution in [-0.4, -0.2) is 10.7 Å². The van der Waals surface area contributed by atoms with Crippen molar-refractivity contribution >= 4 is 38.1 Å². The molecule has 0 amide bonds. The number of rotatable bonds is 3. The summed E-state index contributed by atoms with van der Waals surface area (Å²) < 4.78 is 1.07. The highest BCUT2D eigenvalue weighted by atomic mass is 79.9. The van der Waals surface area contributed by atoms with Crippen molar-refractivity contribution in [1.29, 1.82) is 0 Å². The second kappa shape index (κ2) is 5.63. The SMILES string of the molecule is C/C(=N/Nc1nc(C)c(C)s1)c1ccc(Br)cc1. The van der Waals surface area contributed by atoms with Gasteiger partial charge in [0.2, 0.25) is 5.13 Å². The van der Waals surface area contributed by atoms with Gasteiger partial charge >= 0.3 is 0 Å².